The summed E-state index contributed by atoms with van der Waals surface area (Å²) < 4.78 is 1.95. The SMILES string of the molecule is O=c1[nH]c2ccccc2c2c1nc1ccccn12. The van der Waals surface area contributed by atoms with Gasteiger partial charge in [0.2, 0.25) is 0 Å². The van der Waals surface area contributed by atoms with Gasteiger partial charge in [-0.3, -0.25) is 9.20 Å². The molecule has 1 aromatic carbocycles. The zero-order chi connectivity index (χ0) is 12.1. The highest BCUT2D eigenvalue weighted by molar-refractivity contribution is 6.03. The highest BCUT2D eigenvalue weighted by Crippen LogP contribution is 2.21. The van der Waals surface area contributed by atoms with E-state index in [0.717, 1.165) is 22.1 Å². The van der Waals surface area contributed by atoms with Crippen LogP contribution in [0.4, 0.5) is 0 Å². The molecule has 0 aliphatic rings. The number of aromatic amines is 1. The van der Waals surface area contributed by atoms with Gasteiger partial charge in [-0.05, 0) is 18.2 Å². The minimum atomic E-state index is -0.146. The van der Waals surface area contributed by atoms with Crippen molar-refractivity contribution in [2.75, 3.05) is 0 Å². The summed E-state index contributed by atoms with van der Waals surface area (Å²) in [6.45, 7) is 0. The standard InChI is InChI=1S/C14H9N3O/c18-14-12-13(9-5-1-2-6-10(9)15-14)17-8-4-3-7-11(17)16-12/h1-8H,(H,15,18). The molecular weight excluding hydrogens is 226 g/mol. The van der Waals surface area contributed by atoms with E-state index >= 15 is 0 Å². The van der Waals surface area contributed by atoms with Crippen LogP contribution in [0.1, 0.15) is 0 Å². The van der Waals surface area contributed by atoms with Crippen LogP contribution in [0.25, 0.3) is 27.6 Å². The molecule has 0 amide bonds. The van der Waals surface area contributed by atoms with E-state index < -0.39 is 0 Å². The molecule has 0 spiro atoms. The third-order valence-electron chi connectivity index (χ3n) is 3.18. The van der Waals surface area contributed by atoms with E-state index in [-0.39, 0.29) is 5.56 Å². The van der Waals surface area contributed by atoms with Gasteiger partial charge in [-0.1, -0.05) is 24.3 Å². The molecule has 4 aromatic rings. The van der Waals surface area contributed by atoms with Gasteiger partial charge in [0.05, 0.1) is 11.0 Å². The molecule has 3 heterocycles. The van der Waals surface area contributed by atoms with Crippen LogP contribution in [0, 0.1) is 0 Å². The Morgan fingerprint density at radius 3 is 2.83 bits per heavy atom. The molecule has 0 saturated carbocycles. The van der Waals surface area contributed by atoms with Gasteiger partial charge < -0.3 is 4.98 Å². The highest BCUT2D eigenvalue weighted by Gasteiger charge is 2.11. The quantitative estimate of drug-likeness (QED) is 0.508. The zero-order valence-electron chi connectivity index (χ0n) is 9.42. The van der Waals surface area contributed by atoms with Crippen molar-refractivity contribution in [3.63, 3.8) is 0 Å². The first-order valence-corrected chi connectivity index (χ1v) is 5.72. The molecular formula is C14H9N3O. The Balaban J connectivity index is 2.45. The number of nitrogens with zero attached hydrogens (tertiary/aromatic N) is 2. The van der Waals surface area contributed by atoms with Crippen molar-refractivity contribution in [3.8, 4) is 0 Å². The lowest BCUT2D eigenvalue weighted by Crippen LogP contribution is -2.06. The smallest absolute Gasteiger partial charge is 0.276 e. The third-order valence-corrected chi connectivity index (χ3v) is 3.18. The fraction of sp³-hybridized carbons (Fsp3) is 0. The maximum atomic E-state index is 12.0. The molecule has 0 saturated heterocycles. The van der Waals surface area contributed by atoms with Crippen LogP contribution in [0.2, 0.25) is 0 Å². The summed E-state index contributed by atoms with van der Waals surface area (Å²) >= 11 is 0. The van der Waals surface area contributed by atoms with Crippen LogP contribution in [-0.4, -0.2) is 14.4 Å². The first-order chi connectivity index (χ1) is 8.84. The predicted octanol–water partition coefficient (Wildman–Crippen LogP) is 2.33. The molecule has 86 valence electrons. The summed E-state index contributed by atoms with van der Waals surface area (Å²) in [4.78, 5) is 19.3. The van der Waals surface area contributed by atoms with Crippen molar-refractivity contribution < 1.29 is 0 Å². The average Bonchev–Trinajstić information content (AvgIpc) is 2.79. The second kappa shape index (κ2) is 3.20. The second-order valence-corrected chi connectivity index (χ2v) is 4.24. The van der Waals surface area contributed by atoms with E-state index in [4.69, 9.17) is 0 Å². The van der Waals surface area contributed by atoms with E-state index in [1.54, 1.807) is 0 Å². The van der Waals surface area contributed by atoms with Crippen molar-refractivity contribution in [2.45, 2.75) is 0 Å². The number of rotatable bonds is 0. The van der Waals surface area contributed by atoms with E-state index in [9.17, 15) is 4.79 Å². The summed E-state index contributed by atoms with van der Waals surface area (Å²) in [6, 6.07) is 13.5. The minimum Gasteiger partial charge on any atom is -0.320 e. The number of para-hydroxylation sites is 1. The fourth-order valence-corrected chi connectivity index (χ4v) is 2.39. The molecule has 0 aliphatic carbocycles. The van der Waals surface area contributed by atoms with Gasteiger partial charge in [0.25, 0.3) is 5.56 Å². The van der Waals surface area contributed by atoms with Crippen LogP contribution in [0.5, 0.6) is 0 Å². The average molecular weight is 235 g/mol. The van der Waals surface area contributed by atoms with Crippen molar-refractivity contribution in [1.82, 2.24) is 14.4 Å². The van der Waals surface area contributed by atoms with Gasteiger partial charge in [-0.15, -0.1) is 0 Å². The second-order valence-electron chi connectivity index (χ2n) is 4.24. The molecule has 0 unspecified atom stereocenters. The van der Waals surface area contributed by atoms with Gasteiger partial charge in [0.15, 0.2) is 5.52 Å². The van der Waals surface area contributed by atoms with Gasteiger partial charge in [0.1, 0.15) is 5.65 Å². The Labute approximate surface area is 102 Å². The molecule has 0 radical (unpaired) electrons. The normalized spacial score (nSPS) is 11.6. The van der Waals surface area contributed by atoms with Crippen LogP contribution in [-0.2, 0) is 0 Å². The summed E-state index contributed by atoms with van der Waals surface area (Å²) in [5.41, 5.74) is 2.83. The molecule has 0 fully saturated rings. The number of hydrogen-bond donors (Lipinski definition) is 1. The summed E-state index contributed by atoms with van der Waals surface area (Å²) in [5, 5.41) is 1.01. The molecule has 0 atom stereocenters. The Kier molecular flexibility index (Phi) is 1.67. The maximum absolute atomic E-state index is 12.0. The van der Waals surface area contributed by atoms with Gasteiger partial charge in [0, 0.05) is 11.6 Å². The van der Waals surface area contributed by atoms with Crippen molar-refractivity contribution in [3.05, 3.63) is 59.0 Å². The van der Waals surface area contributed by atoms with Crippen molar-refractivity contribution in [1.29, 1.82) is 0 Å². The number of imidazole rings is 1. The third kappa shape index (κ3) is 1.09. The first-order valence-electron chi connectivity index (χ1n) is 5.72. The zero-order valence-corrected chi connectivity index (χ0v) is 9.42. The summed E-state index contributed by atoms with van der Waals surface area (Å²) in [6.07, 6.45) is 1.93. The molecule has 1 N–H and O–H groups in total. The lowest BCUT2D eigenvalue weighted by atomic mass is 10.2. The van der Waals surface area contributed by atoms with Crippen molar-refractivity contribution >= 4 is 27.6 Å². The lowest BCUT2D eigenvalue weighted by Gasteiger charge is -2.00. The number of benzene rings is 1. The molecule has 4 nitrogen and oxygen atoms in total. The Morgan fingerprint density at radius 1 is 1.06 bits per heavy atom. The molecule has 0 bridgehead atoms. The molecule has 4 heteroatoms. The number of aromatic nitrogens is 3. The van der Waals surface area contributed by atoms with Gasteiger partial charge in [-0.2, -0.15) is 0 Å². The monoisotopic (exact) mass is 235 g/mol. The minimum absolute atomic E-state index is 0.146. The number of pyridine rings is 2. The van der Waals surface area contributed by atoms with E-state index in [2.05, 4.69) is 9.97 Å². The van der Waals surface area contributed by atoms with Crippen LogP contribution >= 0.6 is 0 Å². The number of H-pyrrole nitrogens is 1. The topological polar surface area (TPSA) is 50.2 Å². The Morgan fingerprint density at radius 2 is 1.89 bits per heavy atom. The highest BCUT2D eigenvalue weighted by atomic mass is 16.1. The van der Waals surface area contributed by atoms with Crippen LogP contribution < -0.4 is 5.56 Å². The Bertz CT molecular complexity index is 949. The summed E-state index contributed by atoms with van der Waals surface area (Å²) in [7, 11) is 0. The largest absolute Gasteiger partial charge is 0.320 e. The lowest BCUT2D eigenvalue weighted by molar-refractivity contribution is 1.23. The summed E-state index contributed by atoms with van der Waals surface area (Å²) in [5.74, 6) is 0. The Hall–Kier alpha value is -2.62. The van der Waals surface area contributed by atoms with Gasteiger partial charge >= 0.3 is 0 Å². The number of fused-ring (bicyclic) bond motifs is 5. The molecule has 18 heavy (non-hydrogen) atoms. The molecule has 3 aromatic heterocycles. The van der Waals surface area contributed by atoms with Crippen LogP contribution in [0.15, 0.2) is 53.5 Å². The number of hydrogen-bond acceptors (Lipinski definition) is 2. The van der Waals surface area contributed by atoms with Crippen molar-refractivity contribution in [2.24, 2.45) is 0 Å². The van der Waals surface area contributed by atoms with Crippen LogP contribution in [0.3, 0.4) is 0 Å². The number of nitrogens with one attached hydrogen (secondary N) is 1. The van der Waals surface area contributed by atoms with Gasteiger partial charge in [-0.25, -0.2) is 4.98 Å². The first kappa shape index (κ1) is 9.41. The van der Waals surface area contributed by atoms with E-state index in [0.29, 0.717) is 5.52 Å². The van der Waals surface area contributed by atoms with E-state index in [1.807, 2.05) is 53.1 Å². The maximum Gasteiger partial charge on any atom is 0.276 e. The predicted molar refractivity (Wildman–Crippen MR) is 70.8 cm³/mol. The van der Waals surface area contributed by atoms with E-state index in [1.165, 1.54) is 0 Å². The fourth-order valence-electron chi connectivity index (χ4n) is 2.39. The molecule has 4 rings (SSSR count). The molecule has 0 aliphatic heterocycles.